The van der Waals surface area contributed by atoms with E-state index in [1.165, 1.54) is 6.92 Å². The molecule has 0 aliphatic carbocycles. The monoisotopic (exact) mass is 338 g/mol. The lowest BCUT2D eigenvalue weighted by atomic mass is 10.1. The van der Waals surface area contributed by atoms with Crippen molar-refractivity contribution in [3.63, 3.8) is 0 Å². The van der Waals surface area contributed by atoms with Crippen LogP contribution in [0.5, 0.6) is 5.75 Å². The molecule has 25 heavy (non-hydrogen) atoms. The minimum atomic E-state index is -0.982. The molecule has 128 valence electrons. The maximum atomic E-state index is 12.2. The van der Waals surface area contributed by atoms with Crippen LogP contribution < -0.4 is 10.1 Å². The van der Waals surface area contributed by atoms with E-state index in [0.29, 0.717) is 17.0 Å². The highest BCUT2D eigenvalue weighted by atomic mass is 16.5. The maximum Gasteiger partial charge on any atom is 0.311 e. The van der Waals surface area contributed by atoms with E-state index in [2.05, 4.69) is 5.32 Å². The molecule has 1 N–H and O–H groups in total. The molecule has 0 aliphatic heterocycles. The Bertz CT molecular complexity index is 811. The van der Waals surface area contributed by atoms with Crippen molar-refractivity contribution >= 4 is 17.6 Å². The molecule has 0 aromatic heterocycles. The maximum absolute atomic E-state index is 12.2. The summed E-state index contributed by atoms with van der Waals surface area (Å²) in [6, 6.07) is 15.7. The van der Waals surface area contributed by atoms with Gasteiger partial charge in [0.05, 0.1) is 24.8 Å². The lowest BCUT2D eigenvalue weighted by Gasteiger charge is -2.14. The molecule has 0 spiro atoms. The number of para-hydroxylation sites is 1. The minimum Gasteiger partial charge on any atom is -0.497 e. The topological polar surface area (TPSA) is 88.4 Å². The Morgan fingerprint density at radius 2 is 1.96 bits per heavy atom. The summed E-state index contributed by atoms with van der Waals surface area (Å²) >= 11 is 0. The van der Waals surface area contributed by atoms with Crippen LogP contribution >= 0.6 is 0 Å². The molecule has 0 aliphatic rings. The Balaban J connectivity index is 1.94. The SMILES string of the molecule is COc1cccc(CC(=O)O[C@H](C)C(=O)Nc2ccccc2C#N)c1. The summed E-state index contributed by atoms with van der Waals surface area (Å²) in [7, 11) is 1.54. The summed E-state index contributed by atoms with van der Waals surface area (Å²) < 4.78 is 10.3. The second kappa shape index (κ2) is 8.50. The molecular formula is C19H18N2O4. The van der Waals surface area contributed by atoms with Gasteiger partial charge in [-0.05, 0) is 36.8 Å². The van der Waals surface area contributed by atoms with Gasteiger partial charge in [0.1, 0.15) is 11.8 Å². The summed E-state index contributed by atoms with van der Waals surface area (Å²) in [5.41, 5.74) is 1.45. The molecule has 0 unspecified atom stereocenters. The molecule has 1 amide bonds. The quantitative estimate of drug-likeness (QED) is 0.818. The Hall–Kier alpha value is -3.33. The standard InChI is InChI=1S/C19H18N2O4/c1-13(19(23)21-17-9-4-3-7-15(17)12-20)25-18(22)11-14-6-5-8-16(10-14)24-2/h3-10,13H,11H2,1-2H3,(H,21,23)/t13-/m1/s1. The Morgan fingerprint density at radius 3 is 2.68 bits per heavy atom. The lowest BCUT2D eigenvalue weighted by Crippen LogP contribution is -2.30. The number of hydrogen-bond donors (Lipinski definition) is 1. The first-order chi connectivity index (χ1) is 12.0. The van der Waals surface area contributed by atoms with Crippen molar-refractivity contribution in [2.75, 3.05) is 12.4 Å². The van der Waals surface area contributed by atoms with E-state index >= 15 is 0 Å². The van der Waals surface area contributed by atoms with Gasteiger partial charge >= 0.3 is 5.97 Å². The Labute approximate surface area is 146 Å². The molecule has 2 aromatic rings. The molecule has 2 aromatic carbocycles. The van der Waals surface area contributed by atoms with E-state index in [0.717, 1.165) is 5.56 Å². The third-order valence-corrected chi connectivity index (χ3v) is 3.47. The molecule has 0 saturated carbocycles. The second-order valence-corrected chi connectivity index (χ2v) is 5.31. The van der Waals surface area contributed by atoms with Gasteiger partial charge in [0.2, 0.25) is 0 Å². The van der Waals surface area contributed by atoms with Crippen LogP contribution in [0.1, 0.15) is 18.1 Å². The van der Waals surface area contributed by atoms with Crippen LogP contribution in [0.3, 0.4) is 0 Å². The van der Waals surface area contributed by atoms with Gasteiger partial charge in [0.25, 0.3) is 5.91 Å². The average Bonchev–Trinajstić information content (AvgIpc) is 2.62. The molecule has 0 heterocycles. The predicted octanol–water partition coefficient (Wildman–Crippen LogP) is 2.68. The van der Waals surface area contributed by atoms with Gasteiger partial charge in [-0.3, -0.25) is 9.59 Å². The minimum absolute atomic E-state index is 0.0314. The van der Waals surface area contributed by atoms with Gasteiger partial charge in [-0.1, -0.05) is 24.3 Å². The third-order valence-electron chi connectivity index (χ3n) is 3.47. The first-order valence-corrected chi connectivity index (χ1v) is 7.66. The molecular weight excluding hydrogens is 320 g/mol. The molecule has 0 radical (unpaired) electrons. The van der Waals surface area contributed by atoms with Crippen molar-refractivity contribution in [2.45, 2.75) is 19.4 Å². The van der Waals surface area contributed by atoms with Crippen LogP contribution in [0.2, 0.25) is 0 Å². The number of nitriles is 1. The van der Waals surface area contributed by atoms with Crippen molar-refractivity contribution < 1.29 is 19.1 Å². The summed E-state index contributed by atoms with van der Waals surface area (Å²) in [6.07, 6.45) is -0.950. The molecule has 2 rings (SSSR count). The Kier molecular flexibility index (Phi) is 6.13. The number of ether oxygens (including phenoxy) is 2. The van der Waals surface area contributed by atoms with E-state index in [1.54, 1.807) is 55.6 Å². The van der Waals surface area contributed by atoms with E-state index in [9.17, 15) is 9.59 Å². The number of hydrogen-bond acceptors (Lipinski definition) is 5. The van der Waals surface area contributed by atoms with E-state index in [1.807, 2.05) is 6.07 Å². The number of nitrogens with zero attached hydrogens (tertiary/aromatic N) is 1. The summed E-state index contributed by atoms with van der Waals surface area (Å²) in [5, 5.41) is 11.6. The van der Waals surface area contributed by atoms with Gasteiger partial charge in [-0.2, -0.15) is 5.26 Å². The van der Waals surface area contributed by atoms with Crippen LogP contribution in [0, 0.1) is 11.3 Å². The molecule has 6 heteroatoms. The van der Waals surface area contributed by atoms with Gasteiger partial charge in [-0.25, -0.2) is 0 Å². The van der Waals surface area contributed by atoms with E-state index in [4.69, 9.17) is 14.7 Å². The van der Waals surface area contributed by atoms with Crippen molar-refractivity contribution in [3.05, 3.63) is 59.7 Å². The van der Waals surface area contributed by atoms with Crippen LogP contribution in [0.4, 0.5) is 5.69 Å². The zero-order chi connectivity index (χ0) is 18.2. The number of amides is 1. The summed E-state index contributed by atoms with van der Waals surface area (Å²) in [6.45, 7) is 1.48. The largest absolute Gasteiger partial charge is 0.497 e. The Morgan fingerprint density at radius 1 is 1.20 bits per heavy atom. The fourth-order valence-electron chi connectivity index (χ4n) is 2.17. The molecule has 1 atom stereocenters. The molecule has 0 saturated heterocycles. The van der Waals surface area contributed by atoms with Gasteiger partial charge in [0.15, 0.2) is 6.10 Å². The molecule has 0 bridgehead atoms. The summed E-state index contributed by atoms with van der Waals surface area (Å²) in [5.74, 6) is -0.379. The number of esters is 1. The number of methoxy groups -OCH3 is 1. The van der Waals surface area contributed by atoms with Gasteiger partial charge in [-0.15, -0.1) is 0 Å². The van der Waals surface area contributed by atoms with Crippen LogP contribution in [0.25, 0.3) is 0 Å². The number of nitrogens with one attached hydrogen (secondary N) is 1. The number of carbonyl (C=O) groups is 2. The number of carbonyl (C=O) groups excluding carboxylic acids is 2. The first kappa shape index (κ1) is 18.0. The lowest BCUT2D eigenvalue weighted by molar-refractivity contribution is -0.152. The number of benzene rings is 2. The second-order valence-electron chi connectivity index (χ2n) is 5.31. The zero-order valence-electron chi connectivity index (χ0n) is 14.0. The zero-order valence-corrected chi connectivity index (χ0v) is 14.0. The number of rotatable bonds is 6. The highest BCUT2D eigenvalue weighted by Gasteiger charge is 2.19. The van der Waals surface area contributed by atoms with Crippen molar-refractivity contribution in [2.24, 2.45) is 0 Å². The predicted molar refractivity (Wildman–Crippen MR) is 92.0 cm³/mol. The fraction of sp³-hybridized carbons (Fsp3) is 0.211. The van der Waals surface area contributed by atoms with Crippen molar-refractivity contribution in [1.82, 2.24) is 0 Å². The van der Waals surface area contributed by atoms with E-state index < -0.39 is 18.0 Å². The van der Waals surface area contributed by atoms with Crippen molar-refractivity contribution in [3.8, 4) is 11.8 Å². The molecule has 0 fully saturated rings. The highest BCUT2D eigenvalue weighted by molar-refractivity contribution is 5.96. The number of anilines is 1. The summed E-state index contributed by atoms with van der Waals surface area (Å²) in [4.78, 5) is 24.2. The fourth-order valence-corrected chi connectivity index (χ4v) is 2.17. The van der Waals surface area contributed by atoms with Crippen LogP contribution in [0.15, 0.2) is 48.5 Å². The third kappa shape index (κ3) is 5.08. The normalized spacial score (nSPS) is 11.1. The molecule has 6 nitrogen and oxygen atoms in total. The van der Waals surface area contributed by atoms with Crippen LogP contribution in [-0.2, 0) is 20.7 Å². The first-order valence-electron chi connectivity index (χ1n) is 7.66. The smallest absolute Gasteiger partial charge is 0.311 e. The average molecular weight is 338 g/mol. The van der Waals surface area contributed by atoms with Gasteiger partial charge in [0, 0.05) is 0 Å². The highest BCUT2D eigenvalue weighted by Crippen LogP contribution is 2.15. The van der Waals surface area contributed by atoms with Crippen LogP contribution in [-0.4, -0.2) is 25.1 Å². The van der Waals surface area contributed by atoms with E-state index in [-0.39, 0.29) is 6.42 Å². The van der Waals surface area contributed by atoms with Gasteiger partial charge < -0.3 is 14.8 Å². The van der Waals surface area contributed by atoms with Crippen molar-refractivity contribution in [1.29, 1.82) is 5.26 Å².